The van der Waals surface area contributed by atoms with Gasteiger partial charge in [0.25, 0.3) is 0 Å². The van der Waals surface area contributed by atoms with Gasteiger partial charge < -0.3 is 9.59 Å². The van der Waals surface area contributed by atoms with Crippen molar-refractivity contribution in [3.63, 3.8) is 0 Å². The smallest absolute Gasteiger partial charge is 0.303 e. The first-order valence-electron chi connectivity index (χ1n) is 14.5. The van der Waals surface area contributed by atoms with Crippen LogP contribution in [0.5, 0.6) is 0 Å². The van der Waals surface area contributed by atoms with Crippen LogP contribution in [0.4, 0.5) is 26.3 Å². The quantitative estimate of drug-likeness (QED) is 0.241. The highest BCUT2D eigenvalue weighted by molar-refractivity contribution is 5.53. The van der Waals surface area contributed by atoms with Gasteiger partial charge in [0.2, 0.25) is 0 Å². The van der Waals surface area contributed by atoms with Gasteiger partial charge in [0.1, 0.15) is 12.6 Å². The van der Waals surface area contributed by atoms with Crippen molar-refractivity contribution < 1.29 is 35.9 Å². The summed E-state index contributed by atoms with van der Waals surface area (Å²) in [6, 6.07) is 0. The van der Waals surface area contributed by atoms with E-state index in [2.05, 4.69) is 0 Å². The summed E-state index contributed by atoms with van der Waals surface area (Å²) in [6.45, 7) is 0. The van der Waals surface area contributed by atoms with Crippen molar-refractivity contribution in [2.45, 2.75) is 121 Å². The van der Waals surface area contributed by atoms with Gasteiger partial charge in [-0.3, -0.25) is 0 Å². The van der Waals surface area contributed by atoms with E-state index < -0.39 is 29.6 Å². The minimum atomic E-state index is -5.93. The molecule has 0 aromatic heterocycles. The molecule has 4 aliphatic carbocycles. The first-order valence-corrected chi connectivity index (χ1v) is 14.5. The van der Waals surface area contributed by atoms with Gasteiger partial charge in [-0.2, -0.15) is 22.0 Å². The topological polar surface area (TPSA) is 34.1 Å². The Balaban J connectivity index is 1.45. The number of hydrogen-bond acceptors (Lipinski definition) is 2. The fourth-order valence-corrected chi connectivity index (χ4v) is 8.72. The van der Waals surface area contributed by atoms with Gasteiger partial charge in [-0.05, 0) is 113 Å². The molecule has 2 nitrogen and oxygen atoms in total. The van der Waals surface area contributed by atoms with Crippen molar-refractivity contribution in [2.24, 2.45) is 47.3 Å². The normalized spacial score (nSPS) is 39.9. The molecule has 4 rings (SSSR count). The Hall–Kier alpha value is -1.08. The summed E-state index contributed by atoms with van der Waals surface area (Å²) in [4.78, 5) is 22.5. The van der Waals surface area contributed by atoms with E-state index in [1.165, 1.54) is 0 Å². The van der Waals surface area contributed by atoms with Crippen LogP contribution in [0.1, 0.15) is 103 Å². The van der Waals surface area contributed by atoms with Crippen LogP contribution in [0.25, 0.3) is 0 Å². The Bertz CT molecular complexity index is 719. The van der Waals surface area contributed by atoms with Gasteiger partial charge in [-0.15, -0.1) is 0 Å². The van der Waals surface area contributed by atoms with Crippen molar-refractivity contribution in [3.8, 4) is 0 Å². The lowest BCUT2D eigenvalue weighted by molar-refractivity contribution is -0.349. The summed E-state index contributed by atoms with van der Waals surface area (Å²) in [5.74, 6) is -7.18. The summed E-state index contributed by atoms with van der Waals surface area (Å²) in [5, 5.41) is 0. The summed E-state index contributed by atoms with van der Waals surface area (Å²) < 4.78 is 87.8. The molecule has 0 aromatic carbocycles. The average molecular weight is 537 g/mol. The molecule has 0 radical (unpaired) electrons. The first kappa shape index (κ1) is 28.9. The van der Waals surface area contributed by atoms with E-state index in [0.717, 1.165) is 63.9 Å². The largest absolute Gasteiger partial charge is 0.456 e. The monoisotopic (exact) mass is 536 g/mol. The zero-order valence-electron chi connectivity index (χ0n) is 21.7. The van der Waals surface area contributed by atoms with Gasteiger partial charge >= 0.3 is 12.1 Å². The van der Waals surface area contributed by atoms with Crippen LogP contribution < -0.4 is 0 Å². The minimum absolute atomic E-state index is 0.00698. The van der Waals surface area contributed by atoms with Gasteiger partial charge in [0.05, 0.1) is 0 Å². The highest BCUT2D eigenvalue weighted by Crippen LogP contribution is 2.59. The Morgan fingerprint density at radius 2 is 0.865 bits per heavy atom. The molecule has 4 aliphatic rings. The fourth-order valence-electron chi connectivity index (χ4n) is 8.72. The third-order valence-corrected chi connectivity index (χ3v) is 10.8. The molecule has 4 fully saturated rings. The number of hydrogen-bond donors (Lipinski definition) is 0. The molecule has 4 unspecified atom stereocenters. The molecule has 0 spiro atoms. The second kappa shape index (κ2) is 11.6. The lowest BCUT2D eigenvalue weighted by atomic mass is 9.59. The number of carbonyl (C=O) groups excluding carboxylic acids is 2. The van der Waals surface area contributed by atoms with Gasteiger partial charge in [-0.25, -0.2) is 4.39 Å². The minimum Gasteiger partial charge on any atom is -0.303 e. The van der Waals surface area contributed by atoms with E-state index in [4.69, 9.17) is 0 Å². The molecule has 212 valence electrons. The van der Waals surface area contributed by atoms with Crippen LogP contribution in [0.2, 0.25) is 0 Å². The number of halogens is 6. The van der Waals surface area contributed by atoms with Crippen LogP contribution in [0, 0.1) is 47.3 Å². The summed E-state index contributed by atoms with van der Waals surface area (Å²) in [5.41, 5.74) is -3.60. The maximum Gasteiger partial charge on any atom is 0.456 e. The van der Waals surface area contributed by atoms with E-state index >= 15 is 13.2 Å². The van der Waals surface area contributed by atoms with Crippen LogP contribution in [-0.4, -0.2) is 30.3 Å². The molecule has 0 bridgehead atoms. The highest BCUT2D eigenvalue weighted by atomic mass is 19.4. The number of rotatable bonds is 7. The third kappa shape index (κ3) is 5.78. The maximum absolute atomic E-state index is 16.6. The lowest BCUT2D eigenvalue weighted by Crippen LogP contribution is -2.63. The standard InChI is InChI=1S/C29H42F6O2/c30-27(28(31,32)29(33,34)35,25-11-7-21(8-12-25)23-5-1-3-19(15-23)17-36)26-13-9-22(10-14-26)24-6-2-4-20(16-24)18-37/h17-26H,1-16H2. The Morgan fingerprint density at radius 3 is 1.19 bits per heavy atom. The van der Waals surface area contributed by atoms with E-state index in [1.54, 1.807) is 0 Å². The first-order chi connectivity index (χ1) is 17.5. The van der Waals surface area contributed by atoms with Crippen LogP contribution >= 0.6 is 0 Å². The van der Waals surface area contributed by atoms with E-state index in [9.17, 15) is 22.8 Å². The maximum atomic E-state index is 16.6. The Kier molecular flexibility index (Phi) is 9.04. The molecule has 37 heavy (non-hydrogen) atoms. The van der Waals surface area contributed by atoms with Crippen molar-refractivity contribution >= 4 is 12.6 Å². The predicted molar refractivity (Wildman–Crippen MR) is 129 cm³/mol. The number of carbonyl (C=O) groups is 2. The van der Waals surface area contributed by atoms with Crippen molar-refractivity contribution in [1.29, 1.82) is 0 Å². The molecule has 0 aromatic rings. The molecule has 4 saturated carbocycles. The Morgan fingerprint density at radius 1 is 0.486 bits per heavy atom. The van der Waals surface area contributed by atoms with Crippen LogP contribution in [0.3, 0.4) is 0 Å². The van der Waals surface area contributed by atoms with Crippen molar-refractivity contribution in [2.75, 3.05) is 0 Å². The van der Waals surface area contributed by atoms with Crippen LogP contribution in [0.15, 0.2) is 0 Å². The zero-order valence-corrected chi connectivity index (χ0v) is 21.7. The zero-order chi connectivity index (χ0) is 26.8. The summed E-state index contributed by atoms with van der Waals surface area (Å²) in [6.07, 6.45) is 4.87. The molecule has 0 saturated heterocycles. The predicted octanol–water partition coefficient (Wildman–Crippen LogP) is 8.52. The molecule has 0 N–H and O–H groups in total. The molecule has 0 aliphatic heterocycles. The molecular weight excluding hydrogens is 494 g/mol. The molecule has 8 heteroatoms. The lowest BCUT2D eigenvalue weighted by Gasteiger charge is -2.50. The van der Waals surface area contributed by atoms with Gasteiger partial charge in [-0.1, -0.05) is 25.7 Å². The second-order valence-corrected chi connectivity index (χ2v) is 12.7. The van der Waals surface area contributed by atoms with Gasteiger partial charge in [0, 0.05) is 11.8 Å². The fraction of sp³-hybridized carbons (Fsp3) is 0.931. The van der Waals surface area contributed by atoms with E-state index in [-0.39, 0.29) is 61.2 Å². The number of aldehydes is 2. The molecule has 0 amide bonds. The molecule has 4 atom stereocenters. The Labute approximate surface area is 216 Å². The van der Waals surface area contributed by atoms with Crippen LogP contribution in [-0.2, 0) is 9.59 Å². The van der Waals surface area contributed by atoms with Gasteiger partial charge in [0.15, 0.2) is 5.67 Å². The summed E-state index contributed by atoms with van der Waals surface area (Å²) in [7, 11) is 0. The molecule has 0 heterocycles. The SMILES string of the molecule is O=CC1CCCC(C2CCC(C(F)(C3CCC(C4CCCC(C=O)C4)CC3)C(F)(F)C(F)(F)F)CC2)C1. The van der Waals surface area contributed by atoms with E-state index in [0.29, 0.717) is 25.7 Å². The highest BCUT2D eigenvalue weighted by Gasteiger charge is 2.75. The average Bonchev–Trinajstić information content (AvgIpc) is 2.92. The van der Waals surface area contributed by atoms with Crippen molar-refractivity contribution in [3.05, 3.63) is 0 Å². The third-order valence-electron chi connectivity index (χ3n) is 10.8. The van der Waals surface area contributed by atoms with Crippen molar-refractivity contribution in [1.82, 2.24) is 0 Å². The summed E-state index contributed by atoms with van der Waals surface area (Å²) >= 11 is 0. The number of alkyl halides is 6. The second-order valence-electron chi connectivity index (χ2n) is 12.7. The van der Waals surface area contributed by atoms with E-state index in [1.807, 2.05) is 0 Å². The molecular formula is C29H42F6O2.